The molecule has 19 heavy (non-hydrogen) atoms. The Morgan fingerprint density at radius 1 is 1.26 bits per heavy atom. The minimum Gasteiger partial charge on any atom is -0.366 e. The fraction of sp³-hybridized carbons (Fsp3) is 0.0909. The molecule has 0 aromatic carbocycles. The van der Waals surface area contributed by atoms with Gasteiger partial charge >= 0.3 is 0 Å². The Kier molecular flexibility index (Phi) is 3.84. The summed E-state index contributed by atoms with van der Waals surface area (Å²) in [5.41, 5.74) is 3.20. The Morgan fingerprint density at radius 2 is 1.95 bits per heavy atom. The van der Waals surface area contributed by atoms with Crippen LogP contribution in [0.25, 0.3) is 0 Å². The van der Waals surface area contributed by atoms with Crippen molar-refractivity contribution in [3.8, 4) is 0 Å². The van der Waals surface area contributed by atoms with E-state index in [0.717, 1.165) is 5.56 Å². The molecule has 4 N–H and O–H groups in total. The molecule has 8 heteroatoms. The van der Waals surface area contributed by atoms with Gasteiger partial charge in [-0.05, 0) is 17.7 Å². The van der Waals surface area contributed by atoms with Gasteiger partial charge in [-0.25, -0.2) is 10.8 Å². The van der Waals surface area contributed by atoms with E-state index in [4.69, 9.17) is 5.84 Å². The minimum atomic E-state index is -0.500. The van der Waals surface area contributed by atoms with Gasteiger partial charge in [0.15, 0.2) is 0 Å². The number of anilines is 2. The van der Waals surface area contributed by atoms with Crippen molar-refractivity contribution in [2.75, 3.05) is 10.7 Å². The molecule has 0 saturated heterocycles. The average molecular weight is 260 g/mol. The van der Waals surface area contributed by atoms with Crippen molar-refractivity contribution in [2.24, 2.45) is 5.84 Å². The van der Waals surface area contributed by atoms with Crippen molar-refractivity contribution < 1.29 is 4.92 Å². The first-order chi connectivity index (χ1) is 9.19. The highest BCUT2D eigenvalue weighted by Crippen LogP contribution is 2.20. The molecule has 2 rings (SSSR count). The monoisotopic (exact) mass is 260 g/mol. The third-order valence-corrected chi connectivity index (χ3v) is 2.39. The second-order valence-electron chi connectivity index (χ2n) is 3.71. The van der Waals surface area contributed by atoms with Crippen LogP contribution in [0, 0.1) is 10.1 Å². The summed E-state index contributed by atoms with van der Waals surface area (Å²) in [5, 5.41) is 13.8. The number of aromatic nitrogens is 2. The predicted molar refractivity (Wildman–Crippen MR) is 70.3 cm³/mol. The number of rotatable bonds is 5. The number of hydrogen-bond donors (Lipinski definition) is 3. The van der Waals surface area contributed by atoms with Crippen molar-refractivity contribution in [1.82, 2.24) is 9.97 Å². The average Bonchev–Trinajstić information content (AvgIpc) is 2.45. The number of nitro groups is 1. The molecule has 0 aliphatic carbocycles. The van der Waals surface area contributed by atoms with Gasteiger partial charge in [-0.1, -0.05) is 0 Å². The zero-order chi connectivity index (χ0) is 13.7. The number of pyridine rings is 2. The van der Waals surface area contributed by atoms with E-state index in [0.29, 0.717) is 12.4 Å². The first kappa shape index (κ1) is 12.7. The van der Waals surface area contributed by atoms with Crippen LogP contribution < -0.4 is 16.6 Å². The van der Waals surface area contributed by atoms with Crippen LogP contribution in [0.4, 0.5) is 17.3 Å². The third kappa shape index (κ3) is 3.36. The fourth-order valence-corrected chi connectivity index (χ4v) is 1.48. The minimum absolute atomic E-state index is 0.0832. The standard InChI is InChI=1S/C11H12N6O2/c12-16-11-6-9(17(18)19)5-10(15-11)14-7-8-1-3-13-4-2-8/h1-6H,7,12H2,(H2,14,15,16). The van der Waals surface area contributed by atoms with E-state index in [9.17, 15) is 10.1 Å². The van der Waals surface area contributed by atoms with Crippen LogP contribution in [-0.4, -0.2) is 14.9 Å². The molecule has 2 aromatic rings. The molecule has 0 saturated carbocycles. The second kappa shape index (κ2) is 5.74. The maximum absolute atomic E-state index is 10.8. The Labute approximate surface area is 108 Å². The van der Waals surface area contributed by atoms with Crippen molar-refractivity contribution in [2.45, 2.75) is 6.54 Å². The Bertz CT molecular complexity index is 575. The molecule has 0 amide bonds. The van der Waals surface area contributed by atoms with Crippen LogP contribution in [0.5, 0.6) is 0 Å². The lowest BCUT2D eigenvalue weighted by atomic mass is 10.2. The Balaban J connectivity index is 2.15. The molecular weight excluding hydrogens is 248 g/mol. The quantitative estimate of drug-likeness (QED) is 0.421. The van der Waals surface area contributed by atoms with E-state index >= 15 is 0 Å². The fourth-order valence-electron chi connectivity index (χ4n) is 1.48. The molecule has 0 atom stereocenters. The van der Waals surface area contributed by atoms with Crippen LogP contribution in [0.15, 0.2) is 36.7 Å². The van der Waals surface area contributed by atoms with Crippen LogP contribution in [0.3, 0.4) is 0 Å². The van der Waals surface area contributed by atoms with Gasteiger partial charge in [-0.2, -0.15) is 0 Å². The van der Waals surface area contributed by atoms with Gasteiger partial charge < -0.3 is 10.7 Å². The smallest absolute Gasteiger partial charge is 0.276 e. The van der Waals surface area contributed by atoms with Gasteiger partial charge in [0.25, 0.3) is 5.69 Å². The van der Waals surface area contributed by atoms with Crippen LogP contribution in [0.2, 0.25) is 0 Å². The van der Waals surface area contributed by atoms with E-state index < -0.39 is 4.92 Å². The molecule has 0 unspecified atom stereocenters. The molecule has 0 bridgehead atoms. The summed E-state index contributed by atoms with van der Waals surface area (Å²) in [7, 11) is 0. The summed E-state index contributed by atoms with van der Waals surface area (Å²) in [6, 6.07) is 6.29. The first-order valence-electron chi connectivity index (χ1n) is 5.45. The number of hydrogen-bond acceptors (Lipinski definition) is 7. The first-order valence-corrected chi connectivity index (χ1v) is 5.45. The lowest BCUT2D eigenvalue weighted by Gasteiger charge is -2.07. The van der Waals surface area contributed by atoms with Gasteiger partial charge in [0.05, 0.1) is 17.1 Å². The molecule has 98 valence electrons. The summed E-state index contributed by atoms with van der Waals surface area (Å²) >= 11 is 0. The van der Waals surface area contributed by atoms with Crippen LogP contribution in [-0.2, 0) is 6.54 Å². The SMILES string of the molecule is NNc1cc([N+](=O)[O-])cc(NCc2ccncc2)n1. The zero-order valence-electron chi connectivity index (χ0n) is 9.91. The Hall–Kier alpha value is -2.74. The zero-order valence-corrected chi connectivity index (χ0v) is 9.91. The highest BCUT2D eigenvalue weighted by Gasteiger charge is 2.10. The van der Waals surface area contributed by atoms with Crippen LogP contribution in [0.1, 0.15) is 5.56 Å². The summed E-state index contributed by atoms with van der Waals surface area (Å²) in [6.07, 6.45) is 3.34. The van der Waals surface area contributed by atoms with E-state index in [2.05, 4.69) is 20.7 Å². The van der Waals surface area contributed by atoms with Crippen LogP contribution >= 0.6 is 0 Å². The van der Waals surface area contributed by atoms with Crippen molar-refractivity contribution in [3.63, 3.8) is 0 Å². The molecule has 2 heterocycles. The van der Waals surface area contributed by atoms with Gasteiger partial charge in [-0.15, -0.1) is 0 Å². The summed E-state index contributed by atoms with van der Waals surface area (Å²) in [4.78, 5) is 18.3. The summed E-state index contributed by atoms with van der Waals surface area (Å²) < 4.78 is 0. The maximum atomic E-state index is 10.8. The Morgan fingerprint density at radius 3 is 2.58 bits per heavy atom. The van der Waals surface area contributed by atoms with Gasteiger partial charge in [-0.3, -0.25) is 15.1 Å². The van der Waals surface area contributed by atoms with Gasteiger partial charge in [0.1, 0.15) is 11.6 Å². The number of nitrogen functional groups attached to an aromatic ring is 1. The topological polar surface area (TPSA) is 119 Å². The normalized spacial score (nSPS) is 9.95. The number of nitrogens with one attached hydrogen (secondary N) is 2. The predicted octanol–water partition coefficient (Wildman–Crippen LogP) is 1.28. The van der Waals surface area contributed by atoms with E-state index in [1.54, 1.807) is 12.4 Å². The number of hydrazine groups is 1. The molecule has 2 aromatic heterocycles. The van der Waals surface area contributed by atoms with Crippen molar-refractivity contribution >= 4 is 17.3 Å². The van der Waals surface area contributed by atoms with E-state index in [1.807, 2.05) is 12.1 Å². The molecule has 0 radical (unpaired) electrons. The summed E-state index contributed by atoms with van der Waals surface area (Å²) in [6.45, 7) is 0.487. The number of nitrogens with zero attached hydrogens (tertiary/aromatic N) is 3. The second-order valence-corrected chi connectivity index (χ2v) is 3.71. The third-order valence-electron chi connectivity index (χ3n) is 2.39. The van der Waals surface area contributed by atoms with E-state index in [-0.39, 0.29) is 11.5 Å². The lowest BCUT2D eigenvalue weighted by molar-refractivity contribution is -0.384. The van der Waals surface area contributed by atoms with Crippen molar-refractivity contribution in [3.05, 3.63) is 52.3 Å². The van der Waals surface area contributed by atoms with Gasteiger partial charge in [0.2, 0.25) is 0 Å². The molecule has 0 aliphatic heterocycles. The molecule has 0 fully saturated rings. The highest BCUT2D eigenvalue weighted by atomic mass is 16.6. The maximum Gasteiger partial charge on any atom is 0.276 e. The molecular formula is C11H12N6O2. The molecule has 0 aliphatic rings. The lowest BCUT2D eigenvalue weighted by Crippen LogP contribution is -2.10. The highest BCUT2D eigenvalue weighted by molar-refractivity contribution is 5.54. The molecule has 8 nitrogen and oxygen atoms in total. The van der Waals surface area contributed by atoms with E-state index in [1.165, 1.54) is 12.1 Å². The number of nitrogens with two attached hydrogens (primary N) is 1. The summed E-state index contributed by atoms with van der Waals surface area (Å²) in [5.74, 6) is 5.83. The van der Waals surface area contributed by atoms with Gasteiger partial charge in [0, 0.05) is 18.9 Å². The molecule has 0 spiro atoms. The largest absolute Gasteiger partial charge is 0.366 e. The van der Waals surface area contributed by atoms with Crippen molar-refractivity contribution in [1.29, 1.82) is 0 Å².